The second-order valence-corrected chi connectivity index (χ2v) is 4.53. The van der Waals surface area contributed by atoms with Crippen molar-refractivity contribution >= 4 is 11.6 Å². The Hall–Kier alpha value is -2.20. The van der Waals surface area contributed by atoms with E-state index in [2.05, 4.69) is 27.4 Å². The lowest BCUT2D eigenvalue weighted by molar-refractivity contribution is 0.663. The molecule has 1 aromatic carbocycles. The number of rotatable bonds is 3. The van der Waals surface area contributed by atoms with E-state index in [0.29, 0.717) is 11.7 Å². The minimum atomic E-state index is 0.397. The summed E-state index contributed by atoms with van der Waals surface area (Å²) in [6.45, 7) is 0.580. The molecule has 0 spiro atoms. The Bertz CT molecular complexity index is 661. The summed E-state index contributed by atoms with van der Waals surface area (Å²) in [5.41, 5.74) is 3.06. The zero-order chi connectivity index (χ0) is 13.1. The Morgan fingerprint density at radius 2 is 1.79 bits per heavy atom. The Morgan fingerprint density at radius 1 is 0.947 bits per heavy atom. The fraction of sp³-hybridized carbons (Fsp3) is 0.0714. The van der Waals surface area contributed by atoms with Crippen LogP contribution in [0, 0.1) is 0 Å². The smallest absolute Gasteiger partial charge is 0.151 e. The first-order valence-electron chi connectivity index (χ1n) is 5.87. The van der Waals surface area contributed by atoms with Gasteiger partial charge in [-0.15, -0.1) is 5.10 Å². The van der Waals surface area contributed by atoms with E-state index in [1.807, 2.05) is 41.3 Å². The summed E-state index contributed by atoms with van der Waals surface area (Å²) in [5, 5.41) is 12.6. The molecule has 0 radical (unpaired) electrons. The predicted molar refractivity (Wildman–Crippen MR) is 73.8 cm³/mol. The van der Waals surface area contributed by atoms with Gasteiger partial charge in [-0.2, -0.15) is 10.2 Å². The molecule has 0 saturated heterocycles. The van der Waals surface area contributed by atoms with Crippen LogP contribution >= 0.6 is 11.6 Å². The molecule has 0 unspecified atom stereocenters. The SMILES string of the molecule is Clc1ccc(Cn2cc(-c3ccccc3)cn2)nn1. The molecule has 5 heteroatoms. The van der Waals surface area contributed by atoms with Gasteiger partial charge < -0.3 is 0 Å². The summed E-state index contributed by atoms with van der Waals surface area (Å²) in [7, 11) is 0. The molecule has 4 nitrogen and oxygen atoms in total. The third kappa shape index (κ3) is 2.80. The lowest BCUT2D eigenvalue weighted by Gasteiger charge is -2.00. The van der Waals surface area contributed by atoms with Crippen molar-refractivity contribution in [2.75, 3.05) is 0 Å². The van der Waals surface area contributed by atoms with Gasteiger partial charge in [-0.25, -0.2) is 0 Å². The van der Waals surface area contributed by atoms with Gasteiger partial charge in [-0.05, 0) is 17.7 Å². The second-order valence-electron chi connectivity index (χ2n) is 4.14. The van der Waals surface area contributed by atoms with Crippen LogP contribution in [-0.2, 0) is 6.54 Å². The molecule has 2 aromatic heterocycles. The van der Waals surface area contributed by atoms with Gasteiger partial charge in [-0.1, -0.05) is 41.9 Å². The highest BCUT2D eigenvalue weighted by Crippen LogP contribution is 2.17. The number of benzene rings is 1. The normalized spacial score (nSPS) is 10.6. The molecule has 94 valence electrons. The maximum Gasteiger partial charge on any atom is 0.151 e. The zero-order valence-electron chi connectivity index (χ0n) is 10.1. The number of hydrogen-bond donors (Lipinski definition) is 0. The third-order valence-electron chi connectivity index (χ3n) is 2.75. The molecule has 19 heavy (non-hydrogen) atoms. The third-order valence-corrected chi connectivity index (χ3v) is 2.95. The highest BCUT2D eigenvalue weighted by Gasteiger charge is 2.03. The monoisotopic (exact) mass is 270 g/mol. The first-order valence-corrected chi connectivity index (χ1v) is 6.25. The van der Waals surface area contributed by atoms with Crippen LogP contribution in [0.4, 0.5) is 0 Å². The molecular formula is C14H11ClN4. The van der Waals surface area contributed by atoms with E-state index >= 15 is 0 Å². The van der Waals surface area contributed by atoms with Gasteiger partial charge in [-0.3, -0.25) is 4.68 Å². The van der Waals surface area contributed by atoms with Crippen molar-refractivity contribution in [3.8, 4) is 11.1 Å². The summed E-state index contributed by atoms with van der Waals surface area (Å²) in [5.74, 6) is 0. The largest absolute Gasteiger partial charge is 0.266 e. The number of hydrogen-bond acceptors (Lipinski definition) is 3. The van der Waals surface area contributed by atoms with Crippen LogP contribution in [0.5, 0.6) is 0 Å². The van der Waals surface area contributed by atoms with Crippen molar-refractivity contribution in [1.29, 1.82) is 0 Å². The molecule has 0 fully saturated rings. The molecule has 0 aliphatic rings. The Morgan fingerprint density at radius 3 is 2.53 bits per heavy atom. The molecule has 0 atom stereocenters. The fourth-order valence-electron chi connectivity index (χ4n) is 1.82. The fourth-order valence-corrected chi connectivity index (χ4v) is 1.92. The predicted octanol–water partition coefficient (Wildman–Crippen LogP) is 3.04. The van der Waals surface area contributed by atoms with E-state index in [-0.39, 0.29) is 0 Å². The van der Waals surface area contributed by atoms with Gasteiger partial charge >= 0.3 is 0 Å². The highest BCUT2D eigenvalue weighted by molar-refractivity contribution is 6.29. The van der Waals surface area contributed by atoms with E-state index in [4.69, 9.17) is 11.6 Å². The van der Waals surface area contributed by atoms with Gasteiger partial charge in [0, 0.05) is 11.8 Å². The highest BCUT2D eigenvalue weighted by atomic mass is 35.5. The van der Waals surface area contributed by atoms with Crippen LogP contribution in [-0.4, -0.2) is 20.0 Å². The Kier molecular flexibility index (Phi) is 3.25. The van der Waals surface area contributed by atoms with Crippen LogP contribution in [0.3, 0.4) is 0 Å². The average Bonchev–Trinajstić information content (AvgIpc) is 2.91. The topological polar surface area (TPSA) is 43.6 Å². The van der Waals surface area contributed by atoms with Gasteiger partial charge in [0.1, 0.15) is 0 Å². The van der Waals surface area contributed by atoms with E-state index in [1.54, 1.807) is 6.07 Å². The summed E-state index contributed by atoms with van der Waals surface area (Å²) < 4.78 is 1.83. The summed E-state index contributed by atoms with van der Waals surface area (Å²) in [6, 6.07) is 13.7. The summed E-state index contributed by atoms with van der Waals surface area (Å²) >= 11 is 5.70. The van der Waals surface area contributed by atoms with Crippen LogP contribution in [0.25, 0.3) is 11.1 Å². The van der Waals surface area contributed by atoms with Crippen molar-refractivity contribution in [1.82, 2.24) is 20.0 Å². The van der Waals surface area contributed by atoms with Crippen LogP contribution in [0.2, 0.25) is 5.15 Å². The maximum absolute atomic E-state index is 5.70. The first-order chi connectivity index (χ1) is 9.31. The molecule has 0 amide bonds. The minimum Gasteiger partial charge on any atom is -0.266 e. The molecule has 3 rings (SSSR count). The lowest BCUT2D eigenvalue weighted by Crippen LogP contribution is -2.02. The Labute approximate surface area is 115 Å². The number of halogens is 1. The van der Waals surface area contributed by atoms with Crippen molar-refractivity contribution in [2.45, 2.75) is 6.54 Å². The quantitative estimate of drug-likeness (QED) is 0.735. The van der Waals surface area contributed by atoms with Crippen LogP contribution in [0.1, 0.15) is 5.69 Å². The molecule has 3 aromatic rings. The molecule has 2 heterocycles. The lowest BCUT2D eigenvalue weighted by atomic mass is 10.1. The molecule has 0 aliphatic heterocycles. The maximum atomic E-state index is 5.70. The van der Waals surface area contributed by atoms with Gasteiger partial charge in [0.05, 0.1) is 18.4 Å². The van der Waals surface area contributed by atoms with Crippen molar-refractivity contribution in [3.63, 3.8) is 0 Å². The van der Waals surface area contributed by atoms with Crippen molar-refractivity contribution in [2.24, 2.45) is 0 Å². The minimum absolute atomic E-state index is 0.397. The van der Waals surface area contributed by atoms with Gasteiger partial charge in [0.25, 0.3) is 0 Å². The first kappa shape index (κ1) is 11.9. The summed E-state index contributed by atoms with van der Waals surface area (Å²) in [6.07, 6.45) is 3.84. The Balaban J connectivity index is 1.80. The molecular weight excluding hydrogens is 260 g/mol. The molecule has 0 N–H and O–H groups in total. The van der Waals surface area contributed by atoms with Gasteiger partial charge in [0.15, 0.2) is 5.15 Å². The molecule has 0 bridgehead atoms. The van der Waals surface area contributed by atoms with Gasteiger partial charge in [0.2, 0.25) is 0 Å². The number of aromatic nitrogens is 4. The second kappa shape index (κ2) is 5.20. The summed E-state index contributed by atoms with van der Waals surface area (Å²) in [4.78, 5) is 0. The molecule has 0 aliphatic carbocycles. The van der Waals surface area contributed by atoms with Crippen LogP contribution in [0.15, 0.2) is 54.9 Å². The zero-order valence-corrected chi connectivity index (χ0v) is 10.8. The van der Waals surface area contributed by atoms with E-state index < -0.39 is 0 Å². The number of nitrogens with zero attached hydrogens (tertiary/aromatic N) is 4. The van der Waals surface area contributed by atoms with E-state index in [1.165, 1.54) is 0 Å². The van der Waals surface area contributed by atoms with Crippen LogP contribution < -0.4 is 0 Å². The average molecular weight is 271 g/mol. The van der Waals surface area contributed by atoms with E-state index in [9.17, 15) is 0 Å². The molecule has 0 saturated carbocycles. The van der Waals surface area contributed by atoms with E-state index in [0.717, 1.165) is 16.8 Å². The van der Waals surface area contributed by atoms with Crippen molar-refractivity contribution in [3.05, 3.63) is 65.7 Å². The standard InChI is InChI=1S/C14H11ClN4/c15-14-7-6-13(17-18-14)10-19-9-12(8-16-19)11-4-2-1-3-5-11/h1-9H,10H2. The van der Waals surface area contributed by atoms with Crippen molar-refractivity contribution < 1.29 is 0 Å².